The van der Waals surface area contributed by atoms with Crippen LogP contribution in [0.15, 0.2) is 42.7 Å². The van der Waals surface area contributed by atoms with Crippen LogP contribution in [0.1, 0.15) is 22.3 Å². The minimum Gasteiger partial charge on any atom is -0.503 e. The number of hydrogen-bond donors (Lipinski definition) is 0. The number of methoxy groups -OCH3 is 2. The molecule has 0 unspecified atom stereocenters. The van der Waals surface area contributed by atoms with Crippen LogP contribution in [0.4, 0.5) is 13.2 Å². The van der Waals surface area contributed by atoms with E-state index in [1.165, 1.54) is 20.5 Å². The summed E-state index contributed by atoms with van der Waals surface area (Å²) in [5, 5.41) is -0.161. The summed E-state index contributed by atoms with van der Waals surface area (Å²) in [5.41, 5.74) is 1.30. The smallest absolute Gasteiger partial charge is 0.416 e. The largest absolute Gasteiger partial charge is 0.503 e. The van der Waals surface area contributed by atoms with Crippen LogP contribution in [0.5, 0.6) is 5.75 Å². The Labute approximate surface area is 165 Å². The summed E-state index contributed by atoms with van der Waals surface area (Å²) in [7, 11) is 2.65. The highest BCUT2D eigenvalue weighted by Crippen LogP contribution is 2.35. The monoisotopic (exact) mass is 414 g/mol. The van der Waals surface area contributed by atoms with Crippen LogP contribution in [-0.4, -0.2) is 20.2 Å². The van der Waals surface area contributed by atoms with Crippen LogP contribution < -0.4 is 4.74 Å². The van der Waals surface area contributed by atoms with Gasteiger partial charge in [-0.25, -0.2) is 4.79 Å². The molecule has 0 heterocycles. The molecule has 0 saturated heterocycles. The molecule has 0 saturated carbocycles. The molecule has 2 aromatic carbocycles. The first-order chi connectivity index (χ1) is 13.2. The lowest BCUT2D eigenvalue weighted by atomic mass is 9.97. The summed E-state index contributed by atoms with van der Waals surface area (Å²) in [6, 6.07) is 8.13. The van der Waals surface area contributed by atoms with Gasteiger partial charge in [0, 0.05) is 5.56 Å². The molecule has 0 aliphatic rings. The molecule has 0 amide bonds. The summed E-state index contributed by atoms with van der Waals surface area (Å²) < 4.78 is 53.7. The lowest BCUT2D eigenvalue weighted by molar-refractivity contribution is -0.137. The molecule has 8 heteroatoms. The third-order valence-electron chi connectivity index (χ3n) is 3.97. The zero-order chi connectivity index (χ0) is 20.9. The van der Waals surface area contributed by atoms with E-state index in [1.54, 1.807) is 12.1 Å². The van der Waals surface area contributed by atoms with Gasteiger partial charge in [-0.05, 0) is 36.2 Å². The van der Waals surface area contributed by atoms with Crippen molar-refractivity contribution in [2.75, 3.05) is 14.2 Å². The highest BCUT2D eigenvalue weighted by molar-refractivity contribution is 6.32. The molecule has 2 aromatic rings. The van der Waals surface area contributed by atoms with Gasteiger partial charge in [-0.2, -0.15) is 13.2 Å². The van der Waals surface area contributed by atoms with E-state index < -0.39 is 17.7 Å². The van der Waals surface area contributed by atoms with Crippen molar-refractivity contribution in [2.45, 2.75) is 19.7 Å². The zero-order valence-electron chi connectivity index (χ0n) is 15.4. The first-order valence-electron chi connectivity index (χ1n) is 8.08. The van der Waals surface area contributed by atoms with E-state index in [0.29, 0.717) is 11.1 Å². The van der Waals surface area contributed by atoms with Crippen LogP contribution in [0.3, 0.4) is 0 Å². The molecule has 0 aliphatic carbocycles. The van der Waals surface area contributed by atoms with Gasteiger partial charge in [-0.3, -0.25) is 0 Å². The topological polar surface area (TPSA) is 44.8 Å². The van der Waals surface area contributed by atoms with Gasteiger partial charge in [-0.15, -0.1) is 0 Å². The van der Waals surface area contributed by atoms with Gasteiger partial charge in [0.15, 0.2) is 0 Å². The number of carbonyl (C=O) groups is 1. The number of ether oxygens (including phenoxy) is 3. The second-order valence-electron chi connectivity index (χ2n) is 5.79. The predicted octanol–water partition coefficient (Wildman–Crippen LogP) is 5.41. The Bertz CT molecular complexity index is 892. The number of halogens is 4. The molecule has 0 N–H and O–H groups in total. The number of benzene rings is 2. The van der Waals surface area contributed by atoms with Gasteiger partial charge in [0.05, 0.1) is 31.1 Å². The van der Waals surface area contributed by atoms with E-state index >= 15 is 0 Å². The maximum atomic E-state index is 12.8. The van der Waals surface area contributed by atoms with Gasteiger partial charge in [0.25, 0.3) is 0 Å². The van der Waals surface area contributed by atoms with E-state index in [4.69, 9.17) is 25.8 Å². The van der Waals surface area contributed by atoms with Crippen molar-refractivity contribution >= 4 is 23.1 Å². The van der Waals surface area contributed by atoms with E-state index in [0.717, 1.165) is 23.8 Å². The van der Waals surface area contributed by atoms with Gasteiger partial charge < -0.3 is 14.2 Å². The second-order valence-corrected chi connectivity index (χ2v) is 6.20. The highest BCUT2D eigenvalue weighted by atomic mass is 35.5. The van der Waals surface area contributed by atoms with Crippen molar-refractivity contribution in [1.82, 2.24) is 0 Å². The SMILES string of the molecule is CO/C=C(/C(=O)OC)c1cccc(C)c1COc1ccc(C(F)(F)F)cc1Cl. The minimum absolute atomic E-state index is 0.0227. The number of aryl methyl sites for hydroxylation is 1. The molecule has 0 atom stereocenters. The first-order valence-corrected chi connectivity index (χ1v) is 8.46. The fourth-order valence-electron chi connectivity index (χ4n) is 2.54. The number of hydrogen-bond acceptors (Lipinski definition) is 4. The molecule has 0 aromatic heterocycles. The third-order valence-corrected chi connectivity index (χ3v) is 4.27. The third kappa shape index (κ3) is 4.98. The molecule has 28 heavy (non-hydrogen) atoms. The standard InChI is InChI=1S/C20H18ClF3O4/c1-12-5-4-6-14(16(10-26-2)19(25)27-3)15(12)11-28-18-8-7-13(9-17(18)21)20(22,23)24/h4-10H,11H2,1-3H3/b16-10+. The Hall–Kier alpha value is -2.67. The molecular weight excluding hydrogens is 397 g/mol. The number of alkyl halides is 3. The Morgan fingerprint density at radius 2 is 1.89 bits per heavy atom. The van der Waals surface area contributed by atoms with Crippen LogP contribution in [0.25, 0.3) is 5.57 Å². The van der Waals surface area contributed by atoms with Gasteiger partial charge in [-0.1, -0.05) is 29.8 Å². The fourth-order valence-corrected chi connectivity index (χ4v) is 2.77. The van der Waals surface area contributed by atoms with Crippen LogP contribution in [-0.2, 0) is 27.1 Å². The normalized spacial score (nSPS) is 11.9. The molecule has 2 rings (SSSR count). The van der Waals surface area contributed by atoms with Crippen molar-refractivity contribution < 1.29 is 32.2 Å². The lowest BCUT2D eigenvalue weighted by Gasteiger charge is -2.16. The fraction of sp³-hybridized carbons (Fsp3) is 0.250. The summed E-state index contributed by atoms with van der Waals surface area (Å²) in [5.74, 6) is -0.500. The van der Waals surface area contributed by atoms with Gasteiger partial charge >= 0.3 is 12.1 Å². The van der Waals surface area contributed by atoms with E-state index in [9.17, 15) is 18.0 Å². The van der Waals surface area contributed by atoms with Crippen molar-refractivity contribution in [1.29, 1.82) is 0 Å². The highest BCUT2D eigenvalue weighted by Gasteiger charge is 2.31. The maximum absolute atomic E-state index is 12.8. The van der Waals surface area contributed by atoms with Crippen LogP contribution >= 0.6 is 11.6 Å². The van der Waals surface area contributed by atoms with Crippen molar-refractivity contribution in [3.05, 3.63) is 69.9 Å². The van der Waals surface area contributed by atoms with E-state index in [2.05, 4.69) is 0 Å². The lowest BCUT2D eigenvalue weighted by Crippen LogP contribution is -2.10. The number of carbonyl (C=O) groups excluding carboxylic acids is 1. The van der Waals surface area contributed by atoms with Crippen LogP contribution in [0.2, 0.25) is 5.02 Å². The summed E-state index contributed by atoms with van der Waals surface area (Å²) in [4.78, 5) is 12.1. The maximum Gasteiger partial charge on any atom is 0.416 e. The molecule has 0 aliphatic heterocycles. The zero-order valence-corrected chi connectivity index (χ0v) is 16.1. The molecule has 4 nitrogen and oxygen atoms in total. The molecule has 0 radical (unpaired) electrons. The van der Waals surface area contributed by atoms with Crippen molar-refractivity contribution in [3.63, 3.8) is 0 Å². The molecule has 150 valence electrons. The summed E-state index contributed by atoms with van der Waals surface area (Å²) >= 11 is 5.94. The molecule has 0 fully saturated rings. The minimum atomic E-state index is -4.49. The van der Waals surface area contributed by atoms with Crippen molar-refractivity contribution in [2.24, 2.45) is 0 Å². The molecule has 0 spiro atoms. The second kappa shape index (κ2) is 9.01. The Balaban J connectivity index is 2.35. The summed E-state index contributed by atoms with van der Waals surface area (Å²) in [6.07, 6.45) is -3.24. The number of rotatable bonds is 6. The Morgan fingerprint density at radius 1 is 1.18 bits per heavy atom. The first kappa shape index (κ1) is 21.6. The number of esters is 1. The van der Waals surface area contributed by atoms with Gasteiger partial charge in [0.1, 0.15) is 17.9 Å². The predicted molar refractivity (Wildman–Crippen MR) is 99.0 cm³/mol. The van der Waals surface area contributed by atoms with Gasteiger partial charge in [0.2, 0.25) is 0 Å². The quantitative estimate of drug-likeness (QED) is 0.360. The molecule has 0 bridgehead atoms. The van der Waals surface area contributed by atoms with E-state index in [1.807, 2.05) is 13.0 Å². The molecular formula is C20H18ClF3O4. The Morgan fingerprint density at radius 3 is 2.46 bits per heavy atom. The van der Waals surface area contributed by atoms with Crippen molar-refractivity contribution in [3.8, 4) is 5.75 Å². The Kier molecular flexibility index (Phi) is 6.96. The average Bonchev–Trinajstić information content (AvgIpc) is 2.64. The van der Waals surface area contributed by atoms with E-state index in [-0.39, 0.29) is 23.0 Å². The average molecular weight is 415 g/mol. The van der Waals surface area contributed by atoms with Crippen LogP contribution in [0, 0.1) is 6.92 Å². The summed E-state index contributed by atoms with van der Waals surface area (Å²) in [6.45, 7) is 1.80.